The maximum absolute atomic E-state index is 12.4. The Morgan fingerprint density at radius 2 is 1.96 bits per heavy atom. The van der Waals surface area contributed by atoms with E-state index < -0.39 is 10.5 Å². The molecule has 0 radical (unpaired) electrons. The number of pyridine rings is 1. The van der Waals surface area contributed by atoms with Crippen molar-refractivity contribution in [1.29, 1.82) is 0 Å². The number of fused-ring (bicyclic) bond motifs is 1. The minimum absolute atomic E-state index is 0.0701. The number of rotatable bonds is 2. The van der Waals surface area contributed by atoms with Crippen molar-refractivity contribution in [3.05, 3.63) is 68.1 Å². The molecule has 1 aliphatic rings. The number of nitrogens with zero attached hydrogens (tertiary/aromatic N) is 2. The number of anilines is 1. The first-order valence-corrected chi connectivity index (χ1v) is 7.38. The van der Waals surface area contributed by atoms with E-state index in [1.54, 1.807) is 6.07 Å². The molecule has 3 rings (SSSR count). The molecule has 24 heavy (non-hydrogen) atoms. The summed E-state index contributed by atoms with van der Waals surface area (Å²) in [5.41, 5.74) is 7.07. The molecule has 0 amide bonds. The summed E-state index contributed by atoms with van der Waals surface area (Å²) in [6, 6.07) is 7.25. The summed E-state index contributed by atoms with van der Waals surface area (Å²) in [7, 11) is 0. The van der Waals surface area contributed by atoms with Crippen molar-refractivity contribution in [2.75, 3.05) is 5.73 Å². The highest BCUT2D eigenvalue weighted by Crippen LogP contribution is 2.42. The second kappa shape index (κ2) is 5.23. The fraction of sp³-hybridized carbons (Fsp3) is 0.235. The van der Waals surface area contributed by atoms with E-state index in [4.69, 9.17) is 10.5 Å². The number of ether oxygens (including phenoxy) is 1. The van der Waals surface area contributed by atoms with E-state index in [-0.39, 0.29) is 11.2 Å². The fourth-order valence-electron chi connectivity index (χ4n) is 2.73. The number of nitrogens with two attached hydrogens (primary N) is 1. The zero-order valence-electron chi connectivity index (χ0n) is 13.6. The maximum Gasteiger partial charge on any atom is 0.270 e. The Kier molecular flexibility index (Phi) is 3.44. The van der Waals surface area contributed by atoms with Crippen LogP contribution in [0.15, 0.2) is 46.9 Å². The quantitative estimate of drug-likeness (QED) is 0.675. The average Bonchev–Trinajstić information content (AvgIpc) is 2.50. The van der Waals surface area contributed by atoms with E-state index in [2.05, 4.69) is 0 Å². The van der Waals surface area contributed by atoms with Crippen LogP contribution in [0, 0.1) is 10.1 Å². The van der Waals surface area contributed by atoms with E-state index in [0.29, 0.717) is 22.7 Å². The lowest BCUT2D eigenvalue weighted by molar-refractivity contribution is -0.384. The molecule has 1 aromatic carbocycles. The second-order valence-electron chi connectivity index (χ2n) is 6.19. The number of nitro benzene ring substituents is 1. The number of hydrogen-bond donors (Lipinski definition) is 1. The zero-order chi connectivity index (χ0) is 17.6. The largest absolute Gasteiger partial charge is 0.483 e. The van der Waals surface area contributed by atoms with Crippen LogP contribution in [0.2, 0.25) is 0 Å². The number of benzene rings is 1. The number of aromatic nitrogens is 1. The Balaban J connectivity index is 2.37. The molecular weight excluding hydrogens is 310 g/mol. The van der Waals surface area contributed by atoms with Crippen molar-refractivity contribution < 1.29 is 9.66 Å². The van der Waals surface area contributed by atoms with Crippen molar-refractivity contribution in [1.82, 2.24) is 4.57 Å². The summed E-state index contributed by atoms with van der Waals surface area (Å²) in [5, 5.41) is 11.1. The van der Waals surface area contributed by atoms with E-state index in [1.807, 2.05) is 20.8 Å². The van der Waals surface area contributed by atoms with Crippen molar-refractivity contribution in [2.24, 2.45) is 0 Å². The van der Waals surface area contributed by atoms with Crippen molar-refractivity contribution in [2.45, 2.75) is 26.4 Å². The summed E-state index contributed by atoms with van der Waals surface area (Å²) >= 11 is 0. The molecule has 0 unspecified atom stereocenters. The lowest BCUT2D eigenvalue weighted by atomic mass is 9.90. The summed E-state index contributed by atoms with van der Waals surface area (Å²) < 4.78 is 7.38. The molecule has 0 atom stereocenters. The molecule has 1 aromatic heterocycles. The predicted octanol–water partition coefficient (Wildman–Crippen LogP) is 2.79. The van der Waals surface area contributed by atoms with Gasteiger partial charge < -0.3 is 10.5 Å². The van der Waals surface area contributed by atoms with Gasteiger partial charge in [-0.05, 0) is 38.5 Å². The van der Waals surface area contributed by atoms with Crippen LogP contribution < -0.4 is 16.0 Å². The van der Waals surface area contributed by atoms with Crippen LogP contribution in [0.3, 0.4) is 0 Å². The van der Waals surface area contributed by atoms with Crippen LogP contribution in [0.1, 0.15) is 26.3 Å². The van der Waals surface area contributed by atoms with Crippen LogP contribution >= 0.6 is 0 Å². The molecule has 0 saturated carbocycles. The highest BCUT2D eigenvalue weighted by atomic mass is 16.6. The first kappa shape index (κ1) is 15.8. The molecule has 1 aliphatic heterocycles. The molecule has 0 fully saturated rings. The van der Waals surface area contributed by atoms with Gasteiger partial charge in [-0.2, -0.15) is 0 Å². The van der Waals surface area contributed by atoms with Gasteiger partial charge in [0.25, 0.3) is 11.2 Å². The Morgan fingerprint density at radius 1 is 1.25 bits per heavy atom. The van der Waals surface area contributed by atoms with Gasteiger partial charge in [-0.1, -0.05) is 0 Å². The lowest BCUT2D eigenvalue weighted by Crippen LogP contribution is -2.36. The first-order valence-electron chi connectivity index (χ1n) is 7.38. The molecule has 0 aliphatic carbocycles. The normalized spacial score (nSPS) is 15.6. The number of nitrogen functional groups attached to an aromatic ring is 1. The average molecular weight is 327 g/mol. The standard InChI is InChI=1S/C17H17N3O4/c1-10-16(19-9-11(18)4-7-15(19)21)13-8-12(20(22)23)5-6-14(13)24-17(10,2)3/h4-9H,18H2,1-3H3. The fourth-order valence-corrected chi connectivity index (χ4v) is 2.73. The molecule has 7 heteroatoms. The van der Waals surface area contributed by atoms with Gasteiger partial charge in [0.1, 0.15) is 11.4 Å². The zero-order valence-corrected chi connectivity index (χ0v) is 13.6. The SMILES string of the molecule is CC1=C(n2cc(N)ccc2=O)c2cc([N+](=O)[O-])ccc2OC1(C)C. The number of hydrogen-bond acceptors (Lipinski definition) is 5. The summed E-state index contributed by atoms with van der Waals surface area (Å²) in [6.07, 6.45) is 1.52. The summed E-state index contributed by atoms with van der Waals surface area (Å²) in [5.74, 6) is 0.487. The van der Waals surface area contributed by atoms with Crippen LogP contribution in [0.4, 0.5) is 11.4 Å². The topological polar surface area (TPSA) is 100 Å². The molecular formula is C17H17N3O4. The third kappa shape index (κ3) is 2.44. The maximum atomic E-state index is 12.4. The Morgan fingerprint density at radius 3 is 2.62 bits per heavy atom. The highest BCUT2D eigenvalue weighted by Gasteiger charge is 2.34. The second-order valence-corrected chi connectivity index (χ2v) is 6.19. The molecule has 0 bridgehead atoms. The van der Waals surface area contributed by atoms with Gasteiger partial charge in [-0.3, -0.25) is 19.5 Å². The smallest absolute Gasteiger partial charge is 0.270 e. The van der Waals surface area contributed by atoms with Gasteiger partial charge in [-0.15, -0.1) is 0 Å². The van der Waals surface area contributed by atoms with E-state index in [9.17, 15) is 14.9 Å². The van der Waals surface area contributed by atoms with Gasteiger partial charge in [0.15, 0.2) is 0 Å². The van der Waals surface area contributed by atoms with Gasteiger partial charge in [0, 0.05) is 35.6 Å². The molecule has 0 saturated heterocycles. The van der Waals surface area contributed by atoms with Crippen molar-refractivity contribution in [3.8, 4) is 5.75 Å². The first-order chi connectivity index (χ1) is 11.2. The van der Waals surface area contributed by atoms with Crippen LogP contribution in [-0.2, 0) is 0 Å². The Hall–Kier alpha value is -3.09. The Bertz CT molecular complexity index is 941. The van der Waals surface area contributed by atoms with Crippen LogP contribution in [0.25, 0.3) is 5.70 Å². The van der Waals surface area contributed by atoms with E-state index >= 15 is 0 Å². The van der Waals surface area contributed by atoms with Gasteiger partial charge >= 0.3 is 0 Å². The third-order valence-corrected chi connectivity index (χ3v) is 4.23. The van der Waals surface area contributed by atoms with Crippen molar-refractivity contribution >= 4 is 17.1 Å². The van der Waals surface area contributed by atoms with Crippen molar-refractivity contribution in [3.63, 3.8) is 0 Å². The summed E-state index contributed by atoms with van der Waals surface area (Å²) in [4.78, 5) is 23.0. The molecule has 7 nitrogen and oxygen atoms in total. The van der Waals surface area contributed by atoms with Gasteiger partial charge in [-0.25, -0.2) is 0 Å². The van der Waals surface area contributed by atoms with Crippen LogP contribution in [0.5, 0.6) is 5.75 Å². The number of nitro groups is 1. The predicted molar refractivity (Wildman–Crippen MR) is 90.9 cm³/mol. The van der Waals surface area contributed by atoms with E-state index in [0.717, 1.165) is 5.57 Å². The monoisotopic (exact) mass is 327 g/mol. The molecule has 2 aromatic rings. The van der Waals surface area contributed by atoms with Crippen LogP contribution in [-0.4, -0.2) is 15.1 Å². The molecule has 124 valence electrons. The summed E-state index contributed by atoms with van der Waals surface area (Å²) in [6.45, 7) is 5.60. The minimum atomic E-state index is -0.664. The highest BCUT2D eigenvalue weighted by molar-refractivity contribution is 5.78. The van der Waals surface area contributed by atoms with Gasteiger partial charge in [0.2, 0.25) is 0 Å². The minimum Gasteiger partial charge on any atom is -0.483 e. The molecule has 0 spiro atoms. The van der Waals surface area contributed by atoms with E-state index in [1.165, 1.54) is 35.0 Å². The lowest BCUT2D eigenvalue weighted by Gasteiger charge is -2.35. The Labute approximate surface area is 138 Å². The number of non-ortho nitro benzene ring substituents is 1. The third-order valence-electron chi connectivity index (χ3n) is 4.23. The molecule has 2 heterocycles. The van der Waals surface area contributed by atoms with Gasteiger partial charge in [0.05, 0.1) is 10.6 Å². The molecule has 2 N–H and O–H groups in total.